The molecule has 0 aromatic heterocycles. The third-order valence-corrected chi connectivity index (χ3v) is 9.15. The molecule has 37 heavy (non-hydrogen) atoms. The number of aliphatic hydroxyl groups is 3. The third-order valence-electron chi connectivity index (χ3n) is 9.15. The molecule has 2 aliphatic heterocycles. The monoisotopic (exact) mass is 522 g/mol. The molecule has 0 bridgehead atoms. The van der Waals surface area contributed by atoms with E-state index in [0.29, 0.717) is 12.8 Å². The molecule has 0 aromatic carbocycles. The van der Waals surface area contributed by atoms with Gasteiger partial charge < -0.3 is 29.5 Å². The van der Waals surface area contributed by atoms with Gasteiger partial charge in [0.05, 0.1) is 30.5 Å². The molecule has 2 heterocycles. The maximum Gasteiger partial charge on any atom is 0.197 e. The summed E-state index contributed by atoms with van der Waals surface area (Å²) >= 11 is 0. The lowest BCUT2D eigenvalue weighted by Gasteiger charge is -2.56. The number of aliphatic hydroxyl groups excluding tert-OH is 3. The molecule has 2 fully saturated rings. The van der Waals surface area contributed by atoms with E-state index >= 15 is 0 Å². The van der Waals surface area contributed by atoms with Crippen molar-refractivity contribution in [3.8, 4) is 0 Å². The standard InChI is InChI=1S/C31H54O6/c1-11-13-14-19(4)27(33)23(8)29-21(6)16-26(32)31(36-29)17-25(35-10)22(7)30(37-31)24(9)28(34)20(5)15-18(3)12-2/h11-14,19-30,32-34H,1,15-17H2,2-10H3/b14-13+,18-12+/t19-,20-,21-,22+,23-,24+,25+,26-,27-,28-,29-,30-,31+/m0/s1. The van der Waals surface area contributed by atoms with Crippen LogP contribution in [-0.2, 0) is 14.2 Å². The van der Waals surface area contributed by atoms with Gasteiger partial charge in [-0.15, -0.1) is 0 Å². The molecule has 0 aliphatic carbocycles. The SMILES string of the molecule is C=C/C=C/[C@H](C)[C@H](O)[C@H](C)[C@H]1O[C@@]2(C[C@@H](OC)[C@@H](C)[C@@H]([C@H](C)[C@@H](O)[C@@H](C)C/C(C)=C/C)O2)[C@@H](O)C[C@@H]1C. The minimum Gasteiger partial charge on any atom is -0.392 e. The van der Waals surface area contributed by atoms with Crippen LogP contribution in [0.15, 0.2) is 36.5 Å². The van der Waals surface area contributed by atoms with Crippen LogP contribution in [0, 0.1) is 35.5 Å². The van der Waals surface area contributed by atoms with Crippen molar-refractivity contribution < 1.29 is 29.5 Å². The summed E-state index contributed by atoms with van der Waals surface area (Å²) in [6.45, 7) is 20.0. The van der Waals surface area contributed by atoms with Crippen LogP contribution in [0.5, 0.6) is 0 Å². The van der Waals surface area contributed by atoms with Gasteiger partial charge in [-0.2, -0.15) is 0 Å². The van der Waals surface area contributed by atoms with Crippen molar-refractivity contribution in [3.05, 3.63) is 36.5 Å². The average Bonchev–Trinajstić information content (AvgIpc) is 2.88. The first-order valence-electron chi connectivity index (χ1n) is 14.2. The Kier molecular flexibility index (Phi) is 12.1. The zero-order valence-corrected chi connectivity index (χ0v) is 24.6. The maximum absolute atomic E-state index is 11.4. The lowest BCUT2D eigenvalue weighted by molar-refractivity contribution is -0.391. The third kappa shape index (κ3) is 7.34. The first kappa shape index (κ1) is 32.2. The molecule has 1 spiro atoms. The average molecular weight is 523 g/mol. The number of hydrogen-bond donors (Lipinski definition) is 3. The van der Waals surface area contributed by atoms with Crippen LogP contribution in [0.25, 0.3) is 0 Å². The fraction of sp³-hybridized carbons (Fsp3) is 0.806. The van der Waals surface area contributed by atoms with Crippen molar-refractivity contribution in [1.29, 1.82) is 0 Å². The lowest BCUT2D eigenvalue weighted by Crippen LogP contribution is -2.65. The van der Waals surface area contributed by atoms with Crippen LogP contribution in [0.1, 0.15) is 74.7 Å². The Labute approximate surface area is 225 Å². The Hall–Kier alpha value is -1.02. The molecule has 0 aromatic rings. The van der Waals surface area contributed by atoms with Gasteiger partial charge in [-0.3, -0.25) is 0 Å². The Morgan fingerprint density at radius 1 is 1.08 bits per heavy atom. The summed E-state index contributed by atoms with van der Waals surface area (Å²) in [6, 6.07) is 0. The van der Waals surface area contributed by atoms with E-state index in [1.54, 1.807) is 13.2 Å². The van der Waals surface area contributed by atoms with Gasteiger partial charge in [-0.25, -0.2) is 0 Å². The molecular weight excluding hydrogens is 468 g/mol. The summed E-state index contributed by atoms with van der Waals surface area (Å²) in [4.78, 5) is 0. The van der Waals surface area contributed by atoms with Crippen LogP contribution in [-0.4, -0.2) is 64.8 Å². The molecule has 6 nitrogen and oxygen atoms in total. The fourth-order valence-electron chi connectivity index (χ4n) is 6.45. The highest BCUT2D eigenvalue weighted by Gasteiger charge is 2.57. The molecule has 0 amide bonds. The highest BCUT2D eigenvalue weighted by atomic mass is 16.7. The maximum atomic E-state index is 11.4. The molecule has 0 saturated carbocycles. The highest BCUT2D eigenvalue weighted by Crippen LogP contribution is 2.47. The normalized spacial score (nSPS) is 38.2. The number of allylic oxidation sites excluding steroid dienone is 4. The van der Waals surface area contributed by atoms with E-state index in [9.17, 15) is 15.3 Å². The first-order chi connectivity index (χ1) is 17.3. The van der Waals surface area contributed by atoms with Gasteiger partial charge in [0.1, 0.15) is 6.10 Å². The Morgan fingerprint density at radius 3 is 2.24 bits per heavy atom. The number of methoxy groups -OCH3 is 1. The van der Waals surface area contributed by atoms with Gasteiger partial charge >= 0.3 is 0 Å². The van der Waals surface area contributed by atoms with E-state index in [-0.39, 0.29) is 53.8 Å². The van der Waals surface area contributed by atoms with Crippen molar-refractivity contribution in [2.45, 2.75) is 117 Å². The lowest BCUT2D eigenvalue weighted by atomic mass is 9.74. The summed E-state index contributed by atoms with van der Waals surface area (Å²) in [6.07, 6.45) is 6.41. The molecule has 6 heteroatoms. The van der Waals surface area contributed by atoms with Crippen molar-refractivity contribution in [3.63, 3.8) is 0 Å². The van der Waals surface area contributed by atoms with E-state index in [1.165, 1.54) is 5.57 Å². The Morgan fingerprint density at radius 2 is 1.68 bits per heavy atom. The van der Waals surface area contributed by atoms with Crippen LogP contribution >= 0.6 is 0 Å². The summed E-state index contributed by atoms with van der Waals surface area (Å²) < 4.78 is 19.4. The van der Waals surface area contributed by atoms with E-state index < -0.39 is 24.1 Å². The van der Waals surface area contributed by atoms with Crippen LogP contribution < -0.4 is 0 Å². The molecular formula is C31H54O6. The topological polar surface area (TPSA) is 88.4 Å². The number of hydrogen-bond acceptors (Lipinski definition) is 6. The van der Waals surface area contributed by atoms with Gasteiger partial charge in [-0.1, -0.05) is 78.0 Å². The van der Waals surface area contributed by atoms with Crippen molar-refractivity contribution in [2.75, 3.05) is 7.11 Å². The van der Waals surface area contributed by atoms with E-state index in [0.717, 1.165) is 6.42 Å². The summed E-state index contributed by atoms with van der Waals surface area (Å²) in [5, 5.41) is 33.8. The van der Waals surface area contributed by atoms with Crippen molar-refractivity contribution in [2.24, 2.45) is 35.5 Å². The van der Waals surface area contributed by atoms with Gasteiger partial charge in [0.2, 0.25) is 0 Å². The quantitative estimate of drug-likeness (QED) is 0.253. The Bertz CT molecular complexity index is 780. The summed E-state index contributed by atoms with van der Waals surface area (Å²) in [7, 11) is 1.69. The van der Waals surface area contributed by atoms with Gasteiger partial charge in [0.25, 0.3) is 0 Å². The van der Waals surface area contributed by atoms with E-state index in [2.05, 4.69) is 40.3 Å². The smallest absolute Gasteiger partial charge is 0.197 e. The van der Waals surface area contributed by atoms with E-state index in [4.69, 9.17) is 14.2 Å². The summed E-state index contributed by atoms with van der Waals surface area (Å²) in [5.74, 6) is -1.59. The van der Waals surface area contributed by atoms with Crippen LogP contribution in [0.2, 0.25) is 0 Å². The predicted octanol–water partition coefficient (Wildman–Crippen LogP) is 5.27. The predicted molar refractivity (Wildman–Crippen MR) is 149 cm³/mol. The minimum atomic E-state index is -1.25. The number of rotatable bonds is 11. The second-order valence-electron chi connectivity index (χ2n) is 12.0. The molecule has 2 saturated heterocycles. The number of ether oxygens (including phenoxy) is 3. The molecule has 13 atom stereocenters. The zero-order valence-electron chi connectivity index (χ0n) is 24.6. The zero-order chi connectivity index (χ0) is 28.1. The second kappa shape index (κ2) is 13.9. The molecule has 214 valence electrons. The minimum absolute atomic E-state index is 0.0102. The molecule has 2 aliphatic rings. The molecule has 0 unspecified atom stereocenters. The molecule has 2 rings (SSSR count). The molecule has 0 radical (unpaired) electrons. The summed E-state index contributed by atoms with van der Waals surface area (Å²) in [5.41, 5.74) is 1.25. The first-order valence-corrected chi connectivity index (χ1v) is 14.2. The van der Waals surface area contributed by atoms with Gasteiger partial charge in [0, 0.05) is 37.2 Å². The Balaban J connectivity index is 2.33. The fourth-order valence-corrected chi connectivity index (χ4v) is 6.45. The second-order valence-corrected chi connectivity index (χ2v) is 12.0. The van der Waals surface area contributed by atoms with E-state index in [1.807, 2.05) is 39.8 Å². The van der Waals surface area contributed by atoms with Crippen molar-refractivity contribution >= 4 is 0 Å². The van der Waals surface area contributed by atoms with Crippen molar-refractivity contribution in [1.82, 2.24) is 0 Å². The largest absolute Gasteiger partial charge is 0.392 e. The van der Waals surface area contributed by atoms with Crippen LogP contribution in [0.4, 0.5) is 0 Å². The van der Waals surface area contributed by atoms with Crippen LogP contribution in [0.3, 0.4) is 0 Å². The van der Waals surface area contributed by atoms with Gasteiger partial charge in [-0.05, 0) is 38.5 Å². The highest BCUT2D eigenvalue weighted by molar-refractivity contribution is 5.04. The molecule has 3 N–H and O–H groups in total. The van der Waals surface area contributed by atoms with Gasteiger partial charge in [0.15, 0.2) is 5.79 Å².